The van der Waals surface area contributed by atoms with E-state index in [1.165, 1.54) is 16.7 Å². The summed E-state index contributed by atoms with van der Waals surface area (Å²) in [7, 11) is 0. The van der Waals surface area contributed by atoms with Gasteiger partial charge in [0.15, 0.2) is 0 Å². The molecule has 1 heterocycles. The lowest BCUT2D eigenvalue weighted by molar-refractivity contribution is 0.0237. The summed E-state index contributed by atoms with van der Waals surface area (Å²) in [5.41, 5.74) is 9.01. The quantitative estimate of drug-likeness (QED) is 0.911. The van der Waals surface area contributed by atoms with E-state index in [1.807, 2.05) is 20.8 Å². The Morgan fingerprint density at radius 3 is 2.76 bits per heavy atom. The van der Waals surface area contributed by atoms with Crippen LogP contribution in [0.5, 0.6) is 0 Å². The number of benzene rings is 1. The highest BCUT2D eigenvalue weighted by Crippen LogP contribution is 2.22. The number of aryl methyl sites for hydroxylation is 1. The lowest BCUT2D eigenvalue weighted by Crippen LogP contribution is -2.36. The number of amides is 1. The van der Waals surface area contributed by atoms with Gasteiger partial charge in [0.2, 0.25) is 0 Å². The molecular weight excluding hydrogens is 264 g/mol. The van der Waals surface area contributed by atoms with Crippen molar-refractivity contribution in [3.8, 4) is 0 Å². The van der Waals surface area contributed by atoms with Crippen LogP contribution in [0.2, 0.25) is 0 Å². The van der Waals surface area contributed by atoms with Crippen LogP contribution in [-0.2, 0) is 24.1 Å². The zero-order chi connectivity index (χ0) is 15.5. The number of carbonyl (C=O) groups excluding carboxylic acids is 1. The Bertz CT molecular complexity index is 506. The smallest absolute Gasteiger partial charge is 0.410 e. The maximum atomic E-state index is 12.2. The largest absolute Gasteiger partial charge is 0.444 e. The molecule has 4 heteroatoms. The van der Waals surface area contributed by atoms with Crippen LogP contribution < -0.4 is 5.73 Å². The van der Waals surface area contributed by atoms with Gasteiger partial charge in [-0.2, -0.15) is 0 Å². The van der Waals surface area contributed by atoms with Crippen LogP contribution in [-0.4, -0.2) is 29.7 Å². The summed E-state index contributed by atoms with van der Waals surface area (Å²) in [4.78, 5) is 14.0. The molecule has 0 aliphatic carbocycles. The minimum atomic E-state index is -0.447. The summed E-state index contributed by atoms with van der Waals surface area (Å²) in [5.74, 6) is 0. The molecule has 1 aliphatic heterocycles. The van der Waals surface area contributed by atoms with Crippen molar-refractivity contribution in [3.63, 3.8) is 0 Å². The third kappa shape index (κ3) is 4.46. The topological polar surface area (TPSA) is 55.6 Å². The predicted octanol–water partition coefficient (Wildman–Crippen LogP) is 2.87. The standard InChI is InChI=1S/C17H26N2O2/c1-17(2,3)21-16(20)19-10-4-5-14-11-13(8-9-18)6-7-15(14)12-19/h6-7,11H,4-5,8-10,12,18H2,1-3H3. The van der Waals surface area contributed by atoms with Crippen molar-refractivity contribution in [1.82, 2.24) is 4.90 Å². The van der Waals surface area contributed by atoms with Crippen molar-refractivity contribution in [2.24, 2.45) is 5.73 Å². The molecule has 1 aromatic rings. The number of ether oxygens (including phenoxy) is 1. The highest BCUT2D eigenvalue weighted by Gasteiger charge is 2.24. The zero-order valence-corrected chi connectivity index (χ0v) is 13.3. The van der Waals surface area contributed by atoms with Gasteiger partial charge in [-0.15, -0.1) is 0 Å². The van der Waals surface area contributed by atoms with Gasteiger partial charge in [0.25, 0.3) is 0 Å². The highest BCUT2D eigenvalue weighted by atomic mass is 16.6. The molecule has 0 saturated carbocycles. The summed E-state index contributed by atoms with van der Waals surface area (Å²) >= 11 is 0. The minimum absolute atomic E-state index is 0.221. The molecule has 4 nitrogen and oxygen atoms in total. The summed E-state index contributed by atoms with van der Waals surface area (Å²) in [6.45, 7) is 7.74. The van der Waals surface area contributed by atoms with Gasteiger partial charge in [-0.25, -0.2) is 4.79 Å². The Kier molecular flexibility index (Phi) is 4.88. The fourth-order valence-corrected chi connectivity index (χ4v) is 2.62. The molecule has 2 N–H and O–H groups in total. The fourth-order valence-electron chi connectivity index (χ4n) is 2.62. The van der Waals surface area contributed by atoms with E-state index in [1.54, 1.807) is 4.90 Å². The van der Waals surface area contributed by atoms with Gasteiger partial charge >= 0.3 is 6.09 Å². The van der Waals surface area contributed by atoms with E-state index in [-0.39, 0.29) is 6.09 Å². The molecule has 21 heavy (non-hydrogen) atoms. The van der Waals surface area contributed by atoms with Gasteiger partial charge < -0.3 is 15.4 Å². The first-order valence-corrected chi connectivity index (χ1v) is 7.68. The summed E-state index contributed by atoms with van der Waals surface area (Å²) in [6, 6.07) is 6.48. The van der Waals surface area contributed by atoms with Gasteiger partial charge in [0.1, 0.15) is 5.60 Å². The first kappa shape index (κ1) is 15.8. The van der Waals surface area contributed by atoms with Gasteiger partial charge in [0.05, 0.1) is 0 Å². The molecule has 0 fully saturated rings. The van der Waals surface area contributed by atoms with E-state index in [4.69, 9.17) is 10.5 Å². The zero-order valence-electron chi connectivity index (χ0n) is 13.3. The van der Waals surface area contributed by atoms with Crippen molar-refractivity contribution < 1.29 is 9.53 Å². The van der Waals surface area contributed by atoms with Crippen LogP contribution >= 0.6 is 0 Å². The molecule has 0 bridgehead atoms. The molecule has 0 atom stereocenters. The molecule has 0 saturated heterocycles. The average molecular weight is 290 g/mol. The predicted molar refractivity (Wildman–Crippen MR) is 84.2 cm³/mol. The van der Waals surface area contributed by atoms with E-state index < -0.39 is 5.60 Å². The first-order valence-electron chi connectivity index (χ1n) is 7.68. The molecule has 116 valence electrons. The van der Waals surface area contributed by atoms with Crippen LogP contribution in [0.3, 0.4) is 0 Å². The van der Waals surface area contributed by atoms with Crippen LogP contribution in [0.25, 0.3) is 0 Å². The number of fused-ring (bicyclic) bond motifs is 1. The first-order chi connectivity index (χ1) is 9.89. The number of rotatable bonds is 2. The van der Waals surface area contributed by atoms with Crippen LogP contribution in [0.1, 0.15) is 43.9 Å². The third-order valence-corrected chi connectivity index (χ3v) is 3.59. The van der Waals surface area contributed by atoms with Gasteiger partial charge in [-0.3, -0.25) is 0 Å². The Morgan fingerprint density at radius 2 is 2.10 bits per heavy atom. The number of hydrogen-bond donors (Lipinski definition) is 1. The Morgan fingerprint density at radius 1 is 1.33 bits per heavy atom. The molecule has 1 amide bonds. The maximum Gasteiger partial charge on any atom is 0.410 e. The van der Waals surface area contributed by atoms with Crippen LogP contribution in [0, 0.1) is 0 Å². The molecule has 2 rings (SSSR count). The second-order valence-corrected chi connectivity index (χ2v) is 6.65. The van der Waals surface area contributed by atoms with Crippen molar-refractivity contribution >= 4 is 6.09 Å². The van der Waals surface area contributed by atoms with Crippen molar-refractivity contribution in [1.29, 1.82) is 0 Å². The Hall–Kier alpha value is -1.55. The van der Waals surface area contributed by atoms with Crippen molar-refractivity contribution in [3.05, 3.63) is 34.9 Å². The second kappa shape index (κ2) is 6.48. The summed E-state index contributed by atoms with van der Waals surface area (Å²) in [5, 5.41) is 0. The van der Waals surface area contributed by atoms with Gasteiger partial charge in [-0.05, 0) is 63.3 Å². The average Bonchev–Trinajstić information content (AvgIpc) is 2.59. The van der Waals surface area contributed by atoms with E-state index in [0.29, 0.717) is 13.1 Å². The third-order valence-electron chi connectivity index (χ3n) is 3.59. The SMILES string of the molecule is CC(C)(C)OC(=O)N1CCCc2cc(CCN)ccc2C1. The van der Waals surface area contributed by atoms with Crippen molar-refractivity contribution in [2.45, 2.75) is 52.2 Å². The molecule has 0 radical (unpaired) electrons. The Balaban J connectivity index is 2.12. The lowest BCUT2D eigenvalue weighted by Gasteiger charge is -2.26. The molecule has 0 spiro atoms. The fraction of sp³-hybridized carbons (Fsp3) is 0.588. The minimum Gasteiger partial charge on any atom is -0.444 e. The number of nitrogens with zero attached hydrogens (tertiary/aromatic N) is 1. The van der Waals surface area contributed by atoms with Crippen LogP contribution in [0.4, 0.5) is 4.79 Å². The van der Waals surface area contributed by atoms with Crippen molar-refractivity contribution in [2.75, 3.05) is 13.1 Å². The number of carbonyl (C=O) groups is 1. The molecule has 1 aromatic carbocycles. The summed E-state index contributed by atoms with van der Waals surface area (Å²) in [6.07, 6.45) is 2.66. The van der Waals surface area contributed by atoms with Gasteiger partial charge in [-0.1, -0.05) is 18.2 Å². The number of nitrogens with two attached hydrogens (primary N) is 1. The van der Waals surface area contributed by atoms with Crippen LogP contribution in [0.15, 0.2) is 18.2 Å². The highest BCUT2D eigenvalue weighted by molar-refractivity contribution is 5.68. The van der Waals surface area contributed by atoms with E-state index in [9.17, 15) is 4.79 Å². The second-order valence-electron chi connectivity index (χ2n) is 6.65. The Labute approximate surface area is 127 Å². The van der Waals surface area contributed by atoms with E-state index in [0.717, 1.165) is 25.8 Å². The summed E-state index contributed by atoms with van der Waals surface area (Å²) < 4.78 is 5.48. The van der Waals surface area contributed by atoms with Gasteiger partial charge in [0, 0.05) is 13.1 Å². The van der Waals surface area contributed by atoms with E-state index >= 15 is 0 Å². The molecule has 0 unspecified atom stereocenters. The lowest BCUT2D eigenvalue weighted by atomic mass is 10.00. The molecule has 1 aliphatic rings. The maximum absolute atomic E-state index is 12.2. The molecular formula is C17H26N2O2. The monoisotopic (exact) mass is 290 g/mol. The van der Waals surface area contributed by atoms with E-state index in [2.05, 4.69) is 18.2 Å². The molecule has 0 aromatic heterocycles. The normalized spacial score (nSPS) is 15.3. The number of hydrogen-bond acceptors (Lipinski definition) is 3.